The fraction of sp³-hybridized carbons (Fsp3) is 0.923. The van der Waals surface area contributed by atoms with Gasteiger partial charge in [0.05, 0.1) is 6.04 Å². The van der Waals surface area contributed by atoms with Crippen LogP contribution in [0, 0.1) is 0 Å². The van der Waals surface area contributed by atoms with E-state index in [0.717, 1.165) is 39.0 Å². The number of nitrogens with zero attached hydrogens (tertiary/aromatic N) is 1. The van der Waals surface area contributed by atoms with Crippen LogP contribution in [-0.4, -0.2) is 49.1 Å². The minimum absolute atomic E-state index is 0.0305. The zero-order valence-corrected chi connectivity index (χ0v) is 11.5. The van der Waals surface area contributed by atoms with Crippen LogP contribution in [0.25, 0.3) is 0 Å². The van der Waals surface area contributed by atoms with Gasteiger partial charge in [0, 0.05) is 12.6 Å². The number of nitrogens with one attached hydrogen (secondary N) is 2. The Hall–Kier alpha value is -0.610. The van der Waals surface area contributed by atoms with Gasteiger partial charge in [-0.2, -0.15) is 0 Å². The van der Waals surface area contributed by atoms with Gasteiger partial charge in [-0.05, 0) is 39.4 Å². The highest BCUT2D eigenvalue weighted by molar-refractivity contribution is 5.82. The molecule has 0 saturated carbocycles. The second kappa shape index (κ2) is 7.67. The largest absolute Gasteiger partial charge is 0.351 e. The van der Waals surface area contributed by atoms with Crippen molar-refractivity contribution >= 4 is 5.91 Å². The molecule has 17 heavy (non-hydrogen) atoms. The fourth-order valence-electron chi connectivity index (χ4n) is 2.33. The van der Waals surface area contributed by atoms with Gasteiger partial charge in [-0.25, -0.2) is 0 Å². The molecule has 1 rings (SSSR count). The Kier molecular flexibility index (Phi) is 6.52. The fourth-order valence-corrected chi connectivity index (χ4v) is 2.33. The normalized spacial score (nSPS) is 22.5. The van der Waals surface area contributed by atoms with E-state index in [1.807, 2.05) is 0 Å². The Labute approximate surface area is 105 Å². The molecule has 4 nitrogen and oxygen atoms in total. The Morgan fingerprint density at radius 3 is 2.65 bits per heavy atom. The second-order valence-corrected chi connectivity index (χ2v) is 4.90. The van der Waals surface area contributed by atoms with Crippen LogP contribution >= 0.6 is 0 Å². The van der Waals surface area contributed by atoms with E-state index in [9.17, 15) is 4.79 Å². The molecule has 0 aromatic rings. The van der Waals surface area contributed by atoms with Crippen LogP contribution in [-0.2, 0) is 4.79 Å². The quantitative estimate of drug-likeness (QED) is 0.728. The Balaban J connectivity index is 2.29. The number of carbonyl (C=O) groups is 1. The van der Waals surface area contributed by atoms with Gasteiger partial charge >= 0.3 is 0 Å². The van der Waals surface area contributed by atoms with Crippen molar-refractivity contribution in [2.45, 2.75) is 52.1 Å². The molecule has 1 saturated heterocycles. The minimum Gasteiger partial charge on any atom is -0.351 e. The topological polar surface area (TPSA) is 44.4 Å². The number of carbonyl (C=O) groups excluding carboxylic acids is 1. The predicted molar refractivity (Wildman–Crippen MR) is 71.0 cm³/mol. The van der Waals surface area contributed by atoms with Gasteiger partial charge in [0.15, 0.2) is 0 Å². The summed E-state index contributed by atoms with van der Waals surface area (Å²) in [7, 11) is 0. The average Bonchev–Trinajstić information content (AvgIpc) is 2.37. The molecule has 0 aliphatic carbocycles. The lowest BCUT2D eigenvalue weighted by molar-refractivity contribution is -0.124. The molecule has 4 heteroatoms. The number of likely N-dealkylation sites (N-methyl/N-ethyl adjacent to an activating group) is 1. The van der Waals surface area contributed by atoms with Crippen LogP contribution in [0.15, 0.2) is 0 Å². The maximum atomic E-state index is 12.0. The monoisotopic (exact) mass is 241 g/mol. The zero-order valence-electron chi connectivity index (χ0n) is 11.5. The summed E-state index contributed by atoms with van der Waals surface area (Å²) < 4.78 is 0. The van der Waals surface area contributed by atoms with E-state index < -0.39 is 0 Å². The van der Waals surface area contributed by atoms with Crippen molar-refractivity contribution in [2.24, 2.45) is 0 Å². The standard InChI is InChI=1S/C13H27N3O/c1-4-16(5-2)10-11(3)15-13(17)12-8-6-7-9-14-12/h11-12,14H,4-10H2,1-3H3,(H,15,17). The number of piperidine rings is 1. The smallest absolute Gasteiger partial charge is 0.237 e. The average molecular weight is 241 g/mol. The van der Waals surface area contributed by atoms with Crippen LogP contribution in [0.5, 0.6) is 0 Å². The number of hydrogen-bond acceptors (Lipinski definition) is 3. The molecule has 1 aliphatic rings. The minimum atomic E-state index is 0.0305. The molecule has 2 atom stereocenters. The van der Waals surface area contributed by atoms with Gasteiger partial charge in [-0.15, -0.1) is 0 Å². The number of amides is 1. The first-order chi connectivity index (χ1) is 8.17. The molecule has 1 heterocycles. The number of hydrogen-bond donors (Lipinski definition) is 2. The first kappa shape index (κ1) is 14.5. The van der Waals surface area contributed by atoms with E-state index in [0.29, 0.717) is 0 Å². The number of rotatable bonds is 6. The molecule has 100 valence electrons. The molecule has 0 radical (unpaired) electrons. The van der Waals surface area contributed by atoms with Gasteiger partial charge in [0.2, 0.25) is 5.91 Å². The van der Waals surface area contributed by atoms with Gasteiger partial charge in [-0.1, -0.05) is 20.3 Å². The third-order valence-electron chi connectivity index (χ3n) is 3.44. The van der Waals surface area contributed by atoms with Gasteiger partial charge < -0.3 is 15.5 Å². The lowest BCUT2D eigenvalue weighted by Gasteiger charge is -2.27. The van der Waals surface area contributed by atoms with E-state index >= 15 is 0 Å². The Bertz CT molecular complexity index is 223. The van der Waals surface area contributed by atoms with Crippen LogP contribution in [0.3, 0.4) is 0 Å². The second-order valence-electron chi connectivity index (χ2n) is 4.90. The van der Waals surface area contributed by atoms with Crippen molar-refractivity contribution in [3.05, 3.63) is 0 Å². The molecule has 1 fully saturated rings. The van der Waals surface area contributed by atoms with Crippen molar-refractivity contribution in [1.82, 2.24) is 15.5 Å². The molecule has 0 aromatic carbocycles. The highest BCUT2D eigenvalue weighted by Gasteiger charge is 2.21. The van der Waals surface area contributed by atoms with Crippen molar-refractivity contribution in [3.8, 4) is 0 Å². The van der Waals surface area contributed by atoms with E-state index in [-0.39, 0.29) is 18.0 Å². The van der Waals surface area contributed by atoms with E-state index in [1.165, 1.54) is 6.42 Å². The van der Waals surface area contributed by atoms with Crippen LogP contribution in [0.2, 0.25) is 0 Å². The summed E-state index contributed by atoms with van der Waals surface area (Å²) in [5, 5.41) is 6.39. The summed E-state index contributed by atoms with van der Waals surface area (Å²) in [6.45, 7) is 10.4. The molecular formula is C13H27N3O. The molecule has 2 unspecified atom stereocenters. The zero-order chi connectivity index (χ0) is 12.7. The first-order valence-electron chi connectivity index (χ1n) is 6.93. The SMILES string of the molecule is CCN(CC)CC(C)NC(=O)C1CCCCN1. The maximum Gasteiger partial charge on any atom is 0.237 e. The van der Waals surface area contributed by atoms with Crippen LogP contribution in [0.1, 0.15) is 40.0 Å². The van der Waals surface area contributed by atoms with Crippen molar-refractivity contribution < 1.29 is 4.79 Å². The lowest BCUT2D eigenvalue weighted by atomic mass is 10.0. The van der Waals surface area contributed by atoms with E-state index in [4.69, 9.17) is 0 Å². The van der Waals surface area contributed by atoms with Gasteiger partial charge in [-0.3, -0.25) is 4.79 Å². The Morgan fingerprint density at radius 2 is 2.12 bits per heavy atom. The summed E-state index contributed by atoms with van der Waals surface area (Å²) in [5.41, 5.74) is 0. The first-order valence-corrected chi connectivity index (χ1v) is 6.93. The summed E-state index contributed by atoms with van der Waals surface area (Å²) >= 11 is 0. The Morgan fingerprint density at radius 1 is 1.41 bits per heavy atom. The van der Waals surface area contributed by atoms with Crippen molar-refractivity contribution in [1.29, 1.82) is 0 Å². The highest BCUT2D eigenvalue weighted by Crippen LogP contribution is 2.07. The summed E-state index contributed by atoms with van der Waals surface area (Å²) in [6, 6.07) is 0.258. The summed E-state index contributed by atoms with van der Waals surface area (Å²) in [5.74, 6) is 0.171. The molecule has 1 amide bonds. The summed E-state index contributed by atoms with van der Waals surface area (Å²) in [4.78, 5) is 14.3. The summed E-state index contributed by atoms with van der Waals surface area (Å²) in [6.07, 6.45) is 3.33. The van der Waals surface area contributed by atoms with E-state index in [2.05, 4.69) is 36.3 Å². The molecule has 1 aliphatic heterocycles. The van der Waals surface area contributed by atoms with Crippen molar-refractivity contribution in [3.63, 3.8) is 0 Å². The van der Waals surface area contributed by atoms with Crippen LogP contribution in [0.4, 0.5) is 0 Å². The van der Waals surface area contributed by atoms with E-state index in [1.54, 1.807) is 0 Å². The molecular weight excluding hydrogens is 214 g/mol. The third kappa shape index (κ3) is 5.04. The third-order valence-corrected chi connectivity index (χ3v) is 3.44. The lowest BCUT2D eigenvalue weighted by Crippen LogP contribution is -2.51. The maximum absolute atomic E-state index is 12.0. The van der Waals surface area contributed by atoms with Crippen molar-refractivity contribution in [2.75, 3.05) is 26.2 Å². The van der Waals surface area contributed by atoms with Gasteiger partial charge in [0.25, 0.3) is 0 Å². The molecule has 2 N–H and O–H groups in total. The molecule has 0 spiro atoms. The highest BCUT2D eigenvalue weighted by atomic mass is 16.2. The van der Waals surface area contributed by atoms with Crippen LogP contribution < -0.4 is 10.6 Å². The molecule has 0 aromatic heterocycles. The predicted octanol–water partition coefficient (Wildman–Crippen LogP) is 0.975. The van der Waals surface area contributed by atoms with Gasteiger partial charge in [0.1, 0.15) is 0 Å². The molecule has 0 bridgehead atoms.